The van der Waals surface area contributed by atoms with Gasteiger partial charge in [-0.25, -0.2) is 0 Å². The molecular weight excluding hydrogens is 339 g/mol. The van der Waals surface area contributed by atoms with E-state index in [2.05, 4.69) is 0 Å². The molecule has 6 heteroatoms. The van der Waals surface area contributed by atoms with Crippen LogP contribution in [-0.4, -0.2) is 54.3 Å². The Morgan fingerprint density at radius 3 is 1.74 bits per heavy atom. The van der Waals surface area contributed by atoms with Crippen LogP contribution in [0, 0.1) is 0 Å². The van der Waals surface area contributed by atoms with Gasteiger partial charge in [0.05, 0.1) is 12.8 Å². The molecule has 0 spiro atoms. The summed E-state index contributed by atoms with van der Waals surface area (Å²) in [6.45, 7) is 14.0. The summed E-state index contributed by atoms with van der Waals surface area (Å²) in [5.74, 6) is 0.271. The van der Waals surface area contributed by atoms with Gasteiger partial charge in [0.2, 0.25) is 0 Å². The van der Waals surface area contributed by atoms with E-state index in [1.165, 1.54) is 0 Å². The summed E-state index contributed by atoms with van der Waals surface area (Å²) in [5, 5.41) is 10.6. The Labute approximate surface area is 170 Å². The topological polar surface area (TPSA) is 66.8 Å². The zero-order valence-electron chi connectivity index (χ0n) is 14.7. The van der Waals surface area contributed by atoms with Crippen molar-refractivity contribution in [2.45, 2.75) is 65.5 Å². The third-order valence-electron chi connectivity index (χ3n) is 3.50. The second-order valence-corrected chi connectivity index (χ2v) is 9.60. The van der Waals surface area contributed by atoms with Gasteiger partial charge in [0.25, 0.3) is 0 Å². The Kier molecular flexibility index (Phi) is 8.36. The van der Waals surface area contributed by atoms with Gasteiger partial charge in [-0.15, -0.1) is 0 Å². The van der Waals surface area contributed by atoms with Gasteiger partial charge in [0, 0.05) is 0 Å². The van der Waals surface area contributed by atoms with E-state index in [1.54, 1.807) is 6.92 Å². The summed E-state index contributed by atoms with van der Waals surface area (Å²) in [6.07, 6.45) is -0.0483. The average Bonchev–Trinajstić information content (AvgIpc) is 2.27. The first-order chi connectivity index (χ1) is 9.78. The molecule has 1 aromatic carbocycles. The van der Waals surface area contributed by atoms with E-state index in [9.17, 15) is 14.6 Å². The van der Waals surface area contributed by atoms with E-state index in [1.807, 2.05) is 53.7 Å². The van der Waals surface area contributed by atoms with E-state index < -0.39 is 7.60 Å². The Morgan fingerprint density at radius 2 is 1.43 bits per heavy atom. The van der Waals surface area contributed by atoms with Crippen molar-refractivity contribution in [1.82, 2.24) is 0 Å². The van der Waals surface area contributed by atoms with Gasteiger partial charge in [-0.3, -0.25) is 4.57 Å². The quantitative estimate of drug-likeness (QED) is 0.625. The molecule has 130 valence electrons. The fraction of sp³-hybridized carbons (Fsp3) is 0.647. The maximum absolute atomic E-state index is 12.1. The number of aromatic hydroxyl groups is 1. The number of phenols is 1. The molecule has 0 fully saturated rings. The van der Waals surface area contributed by atoms with Gasteiger partial charge in [0.15, 0.2) is 0 Å². The van der Waals surface area contributed by atoms with E-state index in [4.69, 9.17) is 4.52 Å². The third-order valence-corrected chi connectivity index (χ3v) is 4.93. The Hall–Kier alpha value is 0.430. The van der Waals surface area contributed by atoms with Gasteiger partial charge in [-0.2, -0.15) is 0 Å². The molecule has 0 amide bonds. The van der Waals surface area contributed by atoms with Crippen molar-refractivity contribution in [1.29, 1.82) is 0 Å². The van der Waals surface area contributed by atoms with E-state index in [-0.39, 0.29) is 67.1 Å². The van der Waals surface area contributed by atoms with E-state index in [0.717, 1.165) is 11.1 Å². The Balaban J connectivity index is 0.00000484. The molecule has 0 saturated carbocycles. The number of hydrogen-bond acceptors (Lipinski definition) is 3. The van der Waals surface area contributed by atoms with Crippen LogP contribution in [-0.2, 0) is 26.1 Å². The van der Waals surface area contributed by atoms with Gasteiger partial charge in [-0.1, -0.05) is 53.7 Å². The van der Waals surface area contributed by atoms with Gasteiger partial charge >= 0.3 is 45.3 Å². The molecule has 0 aliphatic rings. The van der Waals surface area contributed by atoms with Crippen molar-refractivity contribution in [3.63, 3.8) is 0 Å². The molecule has 1 rings (SSSR count). The van der Waals surface area contributed by atoms with Gasteiger partial charge in [-0.05, 0) is 34.4 Å². The molecule has 0 bridgehead atoms. The first-order valence-electron chi connectivity index (χ1n) is 7.61. The van der Waals surface area contributed by atoms with Crippen LogP contribution in [0.4, 0.5) is 0 Å². The standard InChI is InChI=1S/C17H29O4P.Ca.2H/c1-8-21-22(19,20)11-12-9-13(16(2,3)4)15(18)14(10-12)17(5,6)7;;;/h9-10,18H,8,11H2,1-7H3,(H,19,20);;;. The predicted octanol–water partition coefficient (Wildman–Crippen LogP) is 3.79. The molecular formula is C17H31CaO4P. The molecule has 1 atom stereocenters. The summed E-state index contributed by atoms with van der Waals surface area (Å²) in [6, 6.07) is 3.62. The van der Waals surface area contributed by atoms with Crippen molar-refractivity contribution in [2.24, 2.45) is 0 Å². The van der Waals surface area contributed by atoms with Gasteiger partial charge < -0.3 is 14.5 Å². The van der Waals surface area contributed by atoms with E-state index in [0.29, 0.717) is 5.56 Å². The minimum atomic E-state index is -3.66. The predicted molar refractivity (Wildman–Crippen MR) is 99.2 cm³/mol. The van der Waals surface area contributed by atoms with Crippen molar-refractivity contribution in [3.8, 4) is 5.75 Å². The van der Waals surface area contributed by atoms with Crippen LogP contribution in [0.15, 0.2) is 12.1 Å². The number of rotatable bonds is 4. The summed E-state index contributed by atoms with van der Waals surface area (Å²) in [7, 11) is -3.66. The van der Waals surface area contributed by atoms with Crippen molar-refractivity contribution in [3.05, 3.63) is 28.8 Å². The Bertz CT molecular complexity index is 550. The molecule has 1 aromatic rings. The van der Waals surface area contributed by atoms with Crippen LogP contribution in [0.3, 0.4) is 0 Å². The zero-order valence-corrected chi connectivity index (χ0v) is 15.6. The summed E-state index contributed by atoms with van der Waals surface area (Å²) >= 11 is 0. The average molecular weight is 370 g/mol. The van der Waals surface area contributed by atoms with Crippen LogP contribution >= 0.6 is 7.60 Å². The minimum absolute atomic E-state index is 0. The molecule has 2 N–H and O–H groups in total. The van der Waals surface area contributed by atoms with Crippen LogP contribution in [0.1, 0.15) is 65.2 Å². The molecule has 0 heterocycles. The van der Waals surface area contributed by atoms with Crippen molar-refractivity contribution >= 4 is 45.3 Å². The summed E-state index contributed by atoms with van der Waals surface area (Å²) in [5.41, 5.74) is 1.76. The maximum atomic E-state index is 12.1. The third kappa shape index (κ3) is 6.68. The number of phenolic OH excluding ortho intramolecular Hbond substituents is 1. The number of hydrogen-bond donors (Lipinski definition) is 2. The van der Waals surface area contributed by atoms with Crippen LogP contribution in [0.2, 0.25) is 0 Å². The normalized spacial score (nSPS) is 15.0. The molecule has 0 aromatic heterocycles. The second-order valence-electron chi connectivity index (χ2n) is 7.75. The number of benzene rings is 1. The van der Waals surface area contributed by atoms with Crippen molar-refractivity contribution < 1.29 is 19.1 Å². The van der Waals surface area contributed by atoms with Crippen LogP contribution in [0.5, 0.6) is 5.75 Å². The molecule has 0 saturated heterocycles. The molecule has 0 radical (unpaired) electrons. The molecule has 0 aliphatic heterocycles. The van der Waals surface area contributed by atoms with Crippen molar-refractivity contribution in [2.75, 3.05) is 6.61 Å². The van der Waals surface area contributed by atoms with Crippen LogP contribution < -0.4 is 0 Å². The zero-order chi connectivity index (χ0) is 17.3. The molecule has 0 aliphatic carbocycles. The second kappa shape index (κ2) is 8.21. The van der Waals surface area contributed by atoms with Gasteiger partial charge in [0.1, 0.15) is 5.75 Å². The molecule has 1 unspecified atom stereocenters. The summed E-state index contributed by atoms with van der Waals surface area (Å²) in [4.78, 5) is 9.90. The SMILES string of the molecule is CCOP(=O)(O)Cc1cc(C(C)(C)C)c(O)c(C(C)(C)C)c1.[CaH2]. The first-order valence-corrected chi connectivity index (χ1v) is 9.37. The monoisotopic (exact) mass is 370 g/mol. The van der Waals surface area contributed by atoms with E-state index >= 15 is 0 Å². The van der Waals surface area contributed by atoms with Crippen LogP contribution in [0.25, 0.3) is 0 Å². The first kappa shape index (κ1) is 23.4. The molecule has 23 heavy (non-hydrogen) atoms. The summed E-state index contributed by atoms with van der Waals surface area (Å²) < 4.78 is 17.0. The fourth-order valence-corrected chi connectivity index (χ4v) is 3.55. The Morgan fingerprint density at radius 1 is 1.04 bits per heavy atom. The fourth-order valence-electron chi connectivity index (χ4n) is 2.41. The molecule has 4 nitrogen and oxygen atoms in total.